The van der Waals surface area contributed by atoms with Gasteiger partial charge >= 0.3 is 5.97 Å². The van der Waals surface area contributed by atoms with Crippen LogP contribution in [0, 0.1) is 5.92 Å². The molecule has 0 unspecified atom stereocenters. The summed E-state index contributed by atoms with van der Waals surface area (Å²) in [6, 6.07) is 4.45. The maximum atomic E-state index is 12.5. The van der Waals surface area contributed by atoms with Crippen LogP contribution in [-0.4, -0.2) is 63.5 Å². The Morgan fingerprint density at radius 2 is 1.75 bits per heavy atom. The van der Waals surface area contributed by atoms with Gasteiger partial charge in [-0.3, -0.25) is 14.4 Å². The van der Waals surface area contributed by atoms with E-state index in [1.165, 1.54) is 18.2 Å². The van der Waals surface area contributed by atoms with Crippen LogP contribution in [0.3, 0.4) is 0 Å². The maximum Gasteiger partial charge on any atom is 0.323 e. The van der Waals surface area contributed by atoms with Crippen molar-refractivity contribution in [3.63, 3.8) is 0 Å². The van der Waals surface area contributed by atoms with Crippen molar-refractivity contribution in [2.45, 2.75) is 43.0 Å². The quantitative estimate of drug-likeness (QED) is 0.264. The number of hydrogen-bond acceptors (Lipinski definition) is 6. The molecule has 0 aliphatic carbocycles. The molecule has 1 aromatic carbocycles. The van der Waals surface area contributed by atoms with Crippen molar-refractivity contribution in [2.75, 3.05) is 26.2 Å². The Balaban J connectivity index is 1.73. The van der Waals surface area contributed by atoms with Crippen molar-refractivity contribution in [1.29, 1.82) is 0 Å². The van der Waals surface area contributed by atoms with Crippen molar-refractivity contribution >= 4 is 43.7 Å². The summed E-state index contributed by atoms with van der Waals surface area (Å²) in [5, 5.41) is 17.7. The molecule has 1 aromatic rings. The summed E-state index contributed by atoms with van der Waals surface area (Å²) >= 11 is 3.12. The fourth-order valence-electron chi connectivity index (χ4n) is 3.31. The van der Waals surface area contributed by atoms with E-state index in [0.29, 0.717) is 12.3 Å². The Bertz CT molecular complexity index is 905. The topological polar surface area (TPSA) is 154 Å². The molecule has 12 heteroatoms. The number of carboxylic acid groups (broad SMARTS) is 1. The van der Waals surface area contributed by atoms with Gasteiger partial charge in [0, 0.05) is 30.4 Å². The molecule has 1 aliphatic heterocycles. The first-order chi connectivity index (χ1) is 15.2. The largest absolute Gasteiger partial charge is 0.480 e. The van der Waals surface area contributed by atoms with E-state index in [-0.39, 0.29) is 28.2 Å². The van der Waals surface area contributed by atoms with Gasteiger partial charge in [-0.2, -0.15) is 4.72 Å². The van der Waals surface area contributed by atoms with E-state index in [1.54, 1.807) is 6.07 Å². The smallest absolute Gasteiger partial charge is 0.323 e. The zero-order valence-corrected chi connectivity index (χ0v) is 20.0. The second-order valence-electron chi connectivity index (χ2n) is 7.58. The number of amides is 2. The van der Waals surface area contributed by atoms with Crippen molar-refractivity contribution in [3.8, 4) is 0 Å². The van der Waals surface area contributed by atoms with Crippen LogP contribution in [0.4, 0.5) is 0 Å². The highest BCUT2D eigenvalue weighted by molar-refractivity contribution is 9.10. The molecule has 0 aromatic heterocycles. The Labute approximate surface area is 196 Å². The highest BCUT2D eigenvalue weighted by Crippen LogP contribution is 2.21. The van der Waals surface area contributed by atoms with E-state index >= 15 is 0 Å². The number of sulfonamides is 1. The van der Waals surface area contributed by atoms with Gasteiger partial charge in [-0.25, -0.2) is 8.42 Å². The van der Waals surface area contributed by atoms with Crippen LogP contribution in [0.25, 0.3) is 0 Å². The highest BCUT2D eigenvalue weighted by atomic mass is 79.9. The first kappa shape index (κ1) is 26.2. The number of piperidine rings is 1. The summed E-state index contributed by atoms with van der Waals surface area (Å²) in [6.45, 7) is 1.64. The minimum absolute atomic E-state index is 0.0393. The van der Waals surface area contributed by atoms with Gasteiger partial charge in [0.15, 0.2) is 0 Å². The van der Waals surface area contributed by atoms with Crippen LogP contribution >= 0.6 is 15.9 Å². The lowest BCUT2D eigenvalue weighted by Crippen LogP contribution is -2.48. The molecule has 5 N–H and O–H groups in total. The predicted octanol–water partition coefficient (Wildman–Crippen LogP) is 0.583. The van der Waals surface area contributed by atoms with Crippen LogP contribution in [0.5, 0.6) is 0 Å². The maximum absolute atomic E-state index is 12.5. The van der Waals surface area contributed by atoms with Crippen LogP contribution in [0.1, 0.15) is 32.1 Å². The molecular weight excluding hydrogens is 504 g/mol. The average Bonchev–Trinajstić information content (AvgIpc) is 2.76. The monoisotopic (exact) mass is 532 g/mol. The first-order valence-electron chi connectivity index (χ1n) is 10.4. The Kier molecular flexibility index (Phi) is 10.6. The minimum atomic E-state index is -4.12. The second kappa shape index (κ2) is 12.9. The van der Waals surface area contributed by atoms with E-state index in [9.17, 15) is 27.9 Å². The highest BCUT2D eigenvalue weighted by Gasteiger charge is 2.27. The Morgan fingerprint density at radius 1 is 1.09 bits per heavy atom. The average molecular weight is 533 g/mol. The summed E-state index contributed by atoms with van der Waals surface area (Å²) in [6.07, 6.45) is 3.31. The molecule has 178 valence electrons. The van der Waals surface area contributed by atoms with E-state index in [1.807, 2.05) is 0 Å². The molecule has 1 saturated heterocycles. The lowest BCUT2D eigenvalue weighted by atomic mass is 9.93. The molecule has 0 spiro atoms. The number of halogens is 1. The predicted molar refractivity (Wildman–Crippen MR) is 121 cm³/mol. The van der Waals surface area contributed by atoms with Crippen molar-refractivity contribution < 1.29 is 27.9 Å². The molecule has 10 nitrogen and oxygen atoms in total. The molecule has 0 saturated carbocycles. The second-order valence-corrected chi connectivity index (χ2v) is 10.1. The Hall–Kier alpha value is -2.02. The van der Waals surface area contributed by atoms with Gasteiger partial charge in [0.2, 0.25) is 21.8 Å². The lowest BCUT2D eigenvalue weighted by Gasteiger charge is -2.22. The van der Waals surface area contributed by atoms with E-state index in [4.69, 9.17) is 0 Å². The van der Waals surface area contributed by atoms with E-state index in [2.05, 4.69) is 36.6 Å². The van der Waals surface area contributed by atoms with Crippen molar-refractivity contribution in [2.24, 2.45) is 5.92 Å². The number of carbonyl (C=O) groups excluding carboxylic acids is 2. The van der Waals surface area contributed by atoms with Gasteiger partial charge < -0.3 is 21.1 Å². The number of nitrogens with one attached hydrogen (secondary N) is 4. The van der Waals surface area contributed by atoms with Crippen LogP contribution in [0.15, 0.2) is 33.6 Å². The van der Waals surface area contributed by atoms with Gasteiger partial charge in [0.05, 0.1) is 4.90 Å². The molecule has 1 aliphatic rings. The summed E-state index contributed by atoms with van der Waals surface area (Å²) in [7, 11) is -4.12. The standard InChI is InChI=1S/C20H29BrN4O6S/c21-15-3-1-2-4-17(15)32(30,31)25-16(20(28)29)13-24-19(27)9-12-23-18(26)6-5-14-7-10-22-11-8-14/h1-4,14,16,22,25H,5-13H2,(H,23,26)(H,24,27)(H,28,29)/t16-/m0/s1. The molecule has 0 radical (unpaired) electrons. The number of hydrogen-bond donors (Lipinski definition) is 5. The van der Waals surface area contributed by atoms with E-state index in [0.717, 1.165) is 32.4 Å². The number of aliphatic carboxylic acids is 1. The minimum Gasteiger partial charge on any atom is -0.480 e. The van der Waals surface area contributed by atoms with Gasteiger partial charge in [-0.05, 0) is 66.3 Å². The number of carboxylic acids is 1. The number of rotatable bonds is 12. The molecule has 2 rings (SSSR count). The number of carbonyl (C=O) groups is 3. The number of benzene rings is 1. The zero-order chi connectivity index (χ0) is 23.6. The summed E-state index contributed by atoms with van der Waals surface area (Å²) < 4.78 is 27.3. The third-order valence-corrected chi connectivity index (χ3v) is 7.62. The molecular formula is C20H29BrN4O6S. The molecule has 1 heterocycles. The molecule has 1 atom stereocenters. The summed E-state index contributed by atoms with van der Waals surface area (Å²) in [5.74, 6) is -1.50. The molecule has 2 amide bonds. The molecule has 32 heavy (non-hydrogen) atoms. The lowest BCUT2D eigenvalue weighted by molar-refractivity contribution is -0.138. The SMILES string of the molecule is O=C(CCC1CCNCC1)NCCC(=O)NC[C@H](NS(=O)(=O)c1ccccc1Br)C(=O)O. The zero-order valence-electron chi connectivity index (χ0n) is 17.6. The van der Waals surface area contributed by atoms with Gasteiger partial charge in [-0.1, -0.05) is 12.1 Å². The normalized spacial score (nSPS) is 15.7. The fraction of sp³-hybridized carbons (Fsp3) is 0.550. The van der Waals surface area contributed by atoms with Gasteiger partial charge in [0.1, 0.15) is 6.04 Å². The summed E-state index contributed by atoms with van der Waals surface area (Å²) in [4.78, 5) is 35.3. The molecule has 0 bridgehead atoms. The third-order valence-electron chi connectivity index (χ3n) is 5.14. The summed E-state index contributed by atoms with van der Waals surface area (Å²) in [5.41, 5.74) is 0. The molecule has 1 fully saturated rings. The van der Waals surface area contributed by atoms with Crippen molar-refractivity contribution in [3.05, 3.63) is 28.7 Å². The third kappa shape index (κ3) is 8.85. The van der Waals surface area contributed by atoms with E-state index < -0.39 is 34.5 Å². The first-order valence-corrected chi connectivity index (χ1v) is 12.7. The Morgan fingerprint density at radius 3 is 2.41 bits per heavy atom. The van der Waals surface area contributed by atoms with Crippen LogP contribution in [0.2, 0.25) is 0 Å². The van der Waals surface area contributed by atoms with Crippen LogP contribution in [-0.2, 0) is 24.4 Å². The van der Waals surface area contributed by atoms with Gasteiger partial charge in [-0.15, -0.1) is 0 Å². The van der Waals surface area contributed by atoms with Crippen molar-refractivity contribution in [1.82, 2.24) is 20.7 Å². The van der Waals surface area contributed by atoms with Crippen LogP contribution < -0.4 is 20.7 Å². The van der Waals surface area contributed by atoms with Gasteiger partial charge in [0.25, 0.3) is 0 Å². The fourth-order valence-corrected chi connectivity index (χ4v) is 5.50.